The second kappa shape index (κ2) is 23.4. The van der Waals surface area contributed by atoms with Crippen LogP contribution in [-0.2, 0) is 32.0 Å². The van der Waals surface area contributed by atoms with Gasteiger partial charge in [-0.05, 0) is 56.0 Å². The van der Waals surface area contributed by atoms with Crippen LogP contribution in [0.1, 0.15) is 36.8 Å². The zero-order valence-electron chi connectivity index (χ0n) is 28.9. The summed E-state index contributed by atoms with van der Waals surface area (Å²) in [6.45, 7) is 14.4. The van der Waals surface area contributed by atoms with Crippen LogP contribution in [0.2, 0.25) is 0 Å². The second-order valence-electron chi connectivity index (χ2n) is 10.7. The molecule has 0 saturated heterocycles. The Hall–Kier alpha value is -3.07. The third-order valence-electron chi connectivity index (χ3n) is 6.29. The number of hydrogen-bond donors (Lipinski definition) is 1. The van der Waals surface area contributed by atoms with Gasteiger partial charge >= 0.3 is 33.0 Å². The first kappa shape index (κ1) is 45.0. The van der Waals surface area contributed by atoms with Crippen molar-refractivity contribution in [2.45, 2.75) is 38.8 Å². The first-order valence-corrected chi connectivity index (χ1v) is 18.2. The Morgan fingerprint density at radius 1 is 0.560 bits per heavy atom. The molecule has 2 rings (SSSR count). The van der Waals surface area contributed by atoms with Crippen molar-refractivity contribution in [3.8, 4) is 23.0 Å². The molecule has 0 radical (unpaired) electrons. The summed E-state index contributed by atoms with van der Waals surface area (Å²) >= 11 is 0. The van der Waals surface area contributed by atoms with Crippen LogP contribution in [0.5, 0.6) is 23.0 Å². The molecule has 0 spiro atoms. The van der Waals surface area contributed by atoms with Crippen molar-refractivity contribution in [2.24, 2.45) is 0 Å². The Kier molecular flexibility index (Phi) is 21.0. The third kappa shape index (κ3) is 27.7. The number of halogens is 6. The van der Waals surface area contributed by atoms with Crippen LogP contribution >= 0.6 is 7.81 Å². The molecule has 0 aromatic heterocycles. The van der Waals surface area contributed by atoms with Crippen molar-refractivity contribution in [1.82, 2.24) is 0 Å². The van der Waals surface area contributed by atoms with Gasteiger partial charge in [-0.25, -0.2) is 0 Å². The van der Waals surface area contributed by atoms with Crippen LogP contribution in [0, 0.1) is 0 Å². The van der Waals surface area contributed by atoms with Gasteiger partial charge in [-0.1, -0.05) is 12.2 Å². The van der Waals surface area contributed by atoms with E-state index >= 15 is 0 Å². The van der Waals surface area contributed by atoms with Crippen molar-refractivity contribution in [1.29, 1.82) is 0 Å². The predicted octanol–water partition coefficient (Wildman–Crippen LogP) is 8.11. The minimum atomic E-state index is -10.7. The number of methoxy groups -OCH3 is 2. The van der Waals surface area contributed by atoms with Crippen LogP contribution in [0.4, 0.5) is 25.2 Å². The van der Waals surface area contributed by atoms with Crippen LogP contribution in [0.25, 0.3) is 0 Å². The van der Waals surface area contributed by atoms with Crippen molar-refractivity contribution < 1.29 is 68.4 Å². The molecular formula is C34H52F6NO8P. The van der Waals surface area contributed by atoms with Crippen LogP contribution in [0.15, 0.2) is 61.7 Å². The van der Waals surface area contributed by atoms with Gasteiger partial charge in [-0.15, -0.1) is 13.2 Å². The summed E-state index contributed by atoms with van der Waals surface area (Å²) in [6, 6.07) is 12.0. The monoisotopic (exact) mass is 747 g/mol. The Labute approximate surface area is 291 Å². The van der Waals surface area contributed by atoms with E-state index in [2.05, 4.69) is 24.5 Å². The maximum atomic E-state index is 9.87. The summed E-state index contributed by atoms with van der Waals surface area (Å²) in [4.78, 5) is 0. The van der Waals surface area contributed by atoms with Crippen LogP contribution in [-0.4, -0.2) is 80.3 Å². The number of nitrogens with two attached hydrogens (primary N) is 1. The third-order valence-corrected chi connectivity index (χ3v) is 6.29. The van der Waals surface area contributed by atoms with E-state index < -0.39 is 7.81 Å². The quantitative estimate of drug-likeness (QED) is 0.0405. The molecule has 2 aromatic rings. The molecule has 0 aliphatic heterocycles. The van der Waals surface area contributed by atoms with E-state index in [1.54, 1.807) is 14.2 Å². The van der Waals surface area contributed by atoms with E-state index in [-0.39, 0.29) is 0 Å². The topological polar surface area (TPSA) is 90.5 Å². The van der Waals surface area contributed by atoms with Crippen LogP contribution in [0.3, 0.4) is 0 Å². The SMILES string of the molecule is C=CCCCOCCOCCOc1ccc(C[NH2+]Cc2cc(OC)cc(OC)c2)cc1OCCOCCOCCCC=C.F[P-](F)(F)(F)(F)F. The summed E-state index contributed by atoms with van der Waals surface area (Å²) < 4.78 is 105. The fourth-order valence-corrected chi connectivity index (χ4v) is 4.03. The summed E-state index contributed by atoms with van der Waals surface area (Å²) in [5.74, 6) is 2.92. The molecule has 9 nitrogen and oxygen atoms in total. The van der Waals surface area contributed by atoms with E-state index in [0.29, 0.717) is 71.0 Å². The van der Waals surface area contributed by atoms with Gasteiger partial charge < -0.3 is 43.2 Å². The number of quaternary nitrogens is 1. The Morgan fingerprint density at radius 3 is 1.44 bits per heavy atom. The summed E-state index contributed by atoms with van der Waals surface area (Å²) in [5.41, 5.74) is 2.24. The molecule has 0 atom stereocenters. The van der Waals surface area contributed by atoms with Gasteiger partial charge in [0.2, 0.25) is 0 Å². The zero-order valence-corrected chi connectivity index (χ0v) is 29.8. The molecule has 2 aromatic carbocycles. The first-order chi connectivity index (χ1) is 23.6. The van der Waals surface area contributed by atoms with E-state index in [1.807, 2.05) is 42.5 Å². The Balaban J connectivity index is 0.00000161. The molecule has 50 heavy (non-hydrogen) atoms. The number of ether oxygens (including phenoxy) is 8. The molecule has 0 aliphatic rings. The van der Waals surface area contributed by atoms with Crippen molar-refractivity contribution in [3.63, 3.8) is 0 Å². The normalized spacial score (nSPS) is 12.6. The van der Waals surface area contributed by atoms with Gasteiger partial charge in [0, 0.05) is 30.4 Å². The Bertz CT molecular complexity index is 1210. The fourth-order valence-electron chi connectivity index (χ4n) is 4.03. The molecule has 0 heterocycles. The van der Waals surface area contributed by atoms with E-state index in [9.17, 15) is 25.2 Å². The molecule has 0 aliphatic carbocycles. The average molecular weight is 748 g/mol. The zero-order chi connectivity index (χ0) is 37.2. The van der Waals surface area contributed by atoms with Gasteiger partial charge in [-0.3, -0.25) is 0 Å². The van der Waals surface area contributed by atoms with Gasteiger partial charge in [0.25, 0.3) is 0 Å². The molecule has 288 valence electrons. The average Bonchev–Trinajstić information content (AvgIpc) is 3.05. The molecular weight excluding hydrogens is 695 g/mol. The minimum absolute atomic E-state index is 0.406. The summed E-state index contributed by atoms with van der Waals surface area (Å²) in [6.07, 6.45) is 7.68. The second-order valence-corrected chi connectivity index (χ2v) is 12.6. The maximum absolute atomic E-state index is 10.7. The van der Waals surface area contributed by atoms with E-state index in [0.717, 1.165) is 68.0 Å². The molecule has 0 amide bonds. The van der Waals surface area contributed by atoms with Gasteiger partial charge in [0.1, 0.15) is 37.8 Å². The standard InChI is InChI=1S/C34H51NO8.F6P/c1-5-7-9-13-38-15-17-40-19-21-42-33-12-11-29(27-35-28-30-23-31(36-3)26-32(24-30)37-4)25-34(33)43-22-20-41-18-16-39-14-10-8-6-2;1-7(2,3,4,5)6/h5-6,11-12,23-26,35H,1-2,7-10,13-22,27-28H2,3-4H3;/q;-1/p+1. The molecule has 0 saturated carbocycles. The number of hydrogen-bond acceptors (Lipinski definition) is 8. The van der Waals surface area contributed by atoms with Gasteiger partial charge in [0.15, 0.2) is 11.5 Å². The molecule has 2 N–H and O–H groups in total. The van der Waals surface area contributed by atoms with Crippen molar-refractivity contribution in [3.05, 3.63) is 72.8 Å². The molecule has 0 bridgehead atoms. The predicted molar refractivity (Wildman–Crippen MR) is 182 cm³/mol. The van der Waals surface area contributed by atoms with Gasteiger partial charge in [0.05, 0.1) is 53.9 Å². The molecule has 0 unspecified atom stereocenters. The van der Waals surface area contributed by atoms with Crippen LogP contribution < -0.4 is 24.3 Å². The molecule has 0 fully saturated rings. The number of unbranched alkanes of at least 4 members (excludes halogenated alkanes) is 2. The number of rotatable bonds is 28. The van der Waals surface area contributed by atoms with E-state index in [4.69, 9.17) is 37.9 Å². The number of benzene rings is 2. The summed E-state index contributed by atoms with van der Waals surface area (Å²) in [5, 5.41) is 2.22. The first-order valence-electron chi connectivity index (χ1n) is 16.2. The Morgan fingerprint density at radius 2 is 0.980 bits per heavy atom. The molecule has 16 heteroatoms. The number of allylic oxidation sites excluding steroid dienone is 2. The van der Waals surface area contributed by atoms with E-state index in [1.165, 1.54) is 0 Å². The van der Waals surface area contributed by atoms with Crippen molar-refractivity contribution in [2.75, 3.05) is 80.3 Å². The fraction of sp³-hybridized carbons (Fsp3) is 0.529. The summed E-state index contributed by atoms with van der Waals surface area (Å²) in [7, 11) is -7.34. The van der Waals surface area contributed by atoms with Gasteiger partial charge in [-0.2, -0.15) is 0 Å². The van der Waals surface area contributed by atoms with Crippen molar-refractivity contribution >= 4 is 7.81 Å².